The summed E-state index contributed by atoms with van der Waals surface area (Å²) in [6.45, 7) is 1.74. The summed E-state index contributed by atoms with van der Waals surface area (Å²) in [4.78, 5) is 21.6. The van der Waals surface area contributed by atoms with E-state index in [0.717, 1.165) is 40.1 Å². The number of anilines is 1. The van der Waals surface area contributed by atoms with Gasteiger partial charge in [0.05, 0.1) is 48.2 Å². The summed E-state index contributed by atoms with van der Waals surface area (Å²) in [6.07, 6.45) is 3.21. The molecule has 1 saturated heterocycles. The van der Waals surface area contributed by atoms with Crippen molar-refractivity contribution in [2.24, 2.45) is 0 Å². The maximum Gasteiger partial charge on any atom is 0.235 e. The van der Waals surface area contributed by atoms with Crippen LogP contribution in [0.4, 0.5) is 5.82 Å². The second-order valence-electron chi connectivity index (χ2n) is 8.05. The number of rotatable bonds is 7. The van der Waals surface area contributed by atoms with Gasteiger partial charge in [0, 0.05) is 24.5 Å². The molecule has 2 aliphatic heterocycles. The molecule has 172 valence electrons. The standard InChI is InChI=1S/C24H26N4O4S/c1-30-18-4-5-20-19(10-18)15(8-9-25-20)2-7-23-31-12-17(13-32-23)26-11-16-3-6-21-24(27-16)28-22(29)14-33-21/h3-6,8-10,17,23,26H,2,7,11-14H2,1H3,(H,27,28,29)/t17-,23-. The number of pyridine rings is 2. The smallest absolute Gasteiger partial charge is 0.235 e. The lowest BCUT2D eigenvalue weighted by molar-refractivity contribution is -0.192. The fourth-order valence-electron chi connectivity index (χ4n) is 3.98. The highest BCUT2D eigenvalue weighted by Crippen LogP contribution is 2.29. The fourth-order valence-corrected chi connectivity index (χ4v) is 4.74. The largest absolute Gasteiger partial charge is 0.497 e. The highest BCUT2D eigenvalue weighted by Gasteiger charge is 2.23. The van der Waals surface area contributed by atoms with Crippen LogP contribution in [-0.2, 0) is 27.2 Å². The van der Waals surface area contributed by atoms with Gasteiger partial charge in [-0.2, -0.15) is 0 Å². The zero-order valence-electron chi connectivity index (χ0n) is 18.4. The molecule has 3 aromatic rings. The molecule has 0 saturated carbocycles. The summed E-state index contributed by atoms with van der Waals surface area (Å²) < 4.78 is 17.3. The molecule has 2 aromatic heterocycles. The van der Waals surface area contributed by atoms with Crippen LogP contribution in [0.5, 0.6) is 5.75 Å². The summed E-state index contributed by atoms with van der Waals surface area (Å²) in [5, 5.41) is 7.36. The maximum absolute atomic E-state index is 11.6. The molecule has 0 radical (unpaired) electrons. The molecule has 9 heteroatoms. The Morgan fingerprint density at radius 3 is 2.94 bits per heavy atom. The topological polar surface area (TPSA) is 94.6 Å². The number of carbonyl (C=O) groups excluding carboxylic acids is 1. The number of methoxy groups -OCH3 is 1. The van der Waals surface area contributed by atoms with Crippen LogP contribution in [0, 0.1) is 0 Å². The van der Waals surface area contributed by atoms with Crippen LogP contribution in [0.15, 0.2) is 47.5 Å². The number of fused-ring (bicyclic) bond motifs is 2. The summed E-state index contributed by atoms with van der Waals surface area (Å²) >= 11 is 1.51. The summed E-state index contributed by atoms with van der Waals surface area (Å²) in [6, 6.07) is 12.1. The predicted molar refractivity (Wildman–Crippen MR) is 127 cm³/mol. The molecule has 1 amide bonds. The van der Waals surface area contributed by atoms with Crippen LogP contribution in [0.1, 0.15) is 17.7 Å². The molecule has 2 N–H and O–H groups in total. The Labute approximate surface area is 196 Å². The van der Waals surface area contributed by atoms with Gasteiger partial charge in [-0.05, 0) is 48.4 Å². The molecule has 1 aromatic carbocycles. The van der Waals surface area contributed by atoms with E-state index < -0.39 is 0 Å². The van der Waals surface area contributed by atoms with E-state index in [1.54, 1.807) is 7.11 Å². The van der Waals surface area contributed by atoms with E-state index in [1.165, 1.54) is 17.3 Å². The minimum atomic E-state index is -0.231. The molecule has 0 aliphatic carbocycles. The lowest BCUT2D eigenvalue weighted by Gasteiger charge is -2.30. The zero-order chi connectivity index (χ0) is 22.6. The predicted octanol–water partition coefficient (Wildman–Crippen LogP) is 3.15. The molecule has 2 aliphatic rings. The van der Waals surface area contributed by atoms with Crippen molar-refractivity contribution in [1.82, 2.24) is 15.3 Å². The van der Waals surface area contributed by atoms with Gasteiger partial charge >= 0.3 is 0 Å². The van der Waals surface area contributed by atoms with Gasteiger partial charge in [0.25, 0.3) is 0 Å². The van der Waals surface area contributed by atoms with Gasteiger partial charge in [-0.1, -0.05) is 0 Å². The van der Waals surface area contributed by atoms with Crippen molar-refractivity contribution in [1.29, 1.82) is 0 Å². The van der Waals surface area contributed by atoms with Crippen molar-refractivity contribution in [2.45, 2.75) is 36.6 Å². The zero-order valence-corrected chi connectivity index (χ0v) is 19.2. The van der Waals surface area contributed by atoms with Crippen LogP contribution < -0.4 is 15.4 Å². The van der Waals surface area contributed by atoms with Gasteiger partial charge in [0.15, 0.2) is 6.29 Å². The first-order chi connectivity index (χ1) is 16.2. The molecule has 4 heterocycles. The van der Waals surface area contributed by atoms with Crippen LogP contribution in [0.2, 0.25) is 0 Å². The van der Waals surface area contributed by atoms with E-state index in [2.05, 4.69) is 20.6 Å². The number of hydrogen-bond acceptors (Lipinski definition) is 8. The second-order valence-corrected chi connectivity index (χ2v) is 9.07. The summed E-state index contributed by atoms with van der Waals surface area (Å²) in [5.41, 5.74) is 3.03. The molecule has 0 unspecified atom stereocenters. The van der Waals surface area contributed by atoms with E-state index in [0.29, 0.717) is 31.3 Å². The SMILES string of the molecule is COc1ccc2nccc(CC[C@H]3OC[C@H](NCc4ccc5c(n4)NC(=O)CS5)CO3)c2c1. The van der Waals surface area contributed by atoms with Gasteiger partial charge in [0.2, 0.25) is 5.91 Å². The Balaban J connectivity index is 1.11. The third-order valence-electron chi connectivity index (χ3n) is 5.76. The minimum absolute atomic E-state index is 0.0101. The van der Waals surface area contributed by atoms with E-state index in [-0.39, 0.29) is 18.2 Å². The number of aryl methyl sites for hydroxylation is 1. The van der Waals surface area contributed by atoms with Gasteiger partial charge in [0.1, 0.15) is 11.6 Å². The van der Waals surface area contributed by atoms with Crippen molar-refractivity contribution < 1.29 is 19.0 Å². The lowest BCUT2D eigenvalue weighted by atomic mass is 10.0. The number of nitrogens with zero attached hydrogens (tertiary/aromatic N) is 2. The average Bonchev–Trinajstić information content (AvgIpc) is 2.86. The van der Waals surface area contributed by atoms with Crippen molar-refractivity contribution in [3.8, 4) is 5.75 Å². The van der Waals surface area contributed by atoms with Crippen molar-refractivity contribution in [3.63, 3.8) is 0 Å². The van der Waals surface area contributed by atoms with Gasteiger partial charge < -0.3 is 24.8 Å². The Morgan fingerprint density at radius 1 is 1.21 bits per heavy atom. The molecule has 0 bridgehead atoms. The normalized spacial score (nSPS) is 20.3. The van der Waals surface area contributed by atoms with Crippen molar-refractivity contribution in [2.75, 3.05) is 31.4 Å². The molecule has 8 nitrogen and oxygen atoms in total. The first-order valence-electron chi connectivity index (χ1n) is 11.0. The van der Waals surface area contributed by atoms with Gasteiger partial charge in [-0.15, -0.1) is 11.8 Å². The number of benzene rings is 1. The number of aromatic nitrogens is 2. The molecule has 33 heavy (non-hydrogen) atoms. The van der Waals surface area contributed by atoms with E-state index in [1.807, 2.05) is 42.6 Å². The minimum Gasteiger partial charge on any atom is -0.497 e. The first-order valence-corrected chi connectivity index (χ1v) is 12.0. The van der Waals surface area contributed by atoms with Gasteiger partial charge in [-0.3, -0.25) is 9.78 Å². The average molecular weight is 467 g/mol. The number of thioether (sulfide) groups is 1. The quantitative estimate of drug-likeness (QED) is 0.549. The molecule has 5 rings (SSSR count). The number of ether oxygens (including phenoxy) is 3. The molecule has 0 atom stereocenters. The molecular weight excluding hydrogens is 440 g/mol. The Morgan fingerprint density at radius 2 is 2.09 bits per heavy atom. The number of nitrogens with one attached hydrogen (secondary N) is 2. The maximum atomic E-state index is 11.6. The van der Waals surface area contributed by atoms with Crippen molar-refractivity contribution in [3.05, 3.63) is 53.9 Å². The van der Waals surface area contributed by atoms with E-state index >= 15 is 0 Å². The van der Waals surface area contributed by atoms with Crippen LogP contribution in [-0.4, -0.2) is 54.3 Å². The summed E-state index contributed by atoms with van der Waals surface area (Å²) in [5.74, 6) is 1.90. The Bertz CT molecular complexity index is 1150. The lowest BCUT2D eigenvalue weighted by Crippen LogP contribution is -2.44. The molecular formula is C24H26N4O4S. The number of hydrogen-bond donors (Lipinski definition) is 2. The molecule has 0 spiro atoms. The Hall–Kier alpha value is -2.72. The fraction of sp³-hybridized carbons (Fsp3) is 0.375. The monoisotopic (exact) mass is 466 g/mol. The van der Waals surface area contributed by atoms with Crippen molar-refractivity contribution >= 4 is 34.4 Å². The molecule has 1 fully saturated rings. The highest BCUT2D eigenvalue weighted by molar-refractivity contribution is 8.00. The number of carbonyl (C=O) groups is 1. The van der Waals surface area contributed by atoms with Crippen LogP contribution in [0.25, 0.3) is 10.9 Å². The van der Waals surface area contributed by atoms with Crippen LogP contribution >= 0.6 is 11.8 Å². The first kappa shape index (κ1) is 22.1. The van der Waals surface area contributed by atoms with Crippen LogP contribution in [0.3, 0.4) is 0 Å². The summed E-state index contributed by atoms with van der Waals surface area (Å²) in [7, 11) is 1.67. The third-order valence-corrected chi connectivity index (χ3v) is 6.81. The van der Waals surface area contributed by atoms with E-state index in [4.69, 9.17) is 14.2 Å². The van der Waals surface area contributed by atoms with E-state index in [9.17, 15) is 4.79 Å². The highest BCUT2D eigenvalue weighted by atomic mass is 32.2. The number of amides is 1. The Kier molecular flexibility index (Phi) is 6.73. The van der Waals surface area contributed by atoms with Gasteiger partial charge in [-0.25, -0.2) is 4.98 Å². The second kappa shape index (κ2) is 10.0. The third kappa shape index (κ3) is 5.27.